The lowest BCUT2D eigenvalue weighted by atomic mass is 10.0. The van der Waals surface area contributed by atoms with Gasteiger partial charge in [0.25, 0.3) is 5.91 Å². The van der Waals surface area contributed by atoms with Crippen molar-refractivity contribution in [2.75, 3.05) is 5.32 Å². The van der Waals surface area contributed by atoms with E-state index in [0.29, 0.717) is 5.92 Å². The Labute approximate surface area is 120 Å². The summed E-state index contributed by atoms with van der Waals surface area (Å²) in [6, 6.07) is 9.71. The fraction of sp³-hybridized carbons (Fsp3) is 0.375. The molecule has 0 fully saturated rings. The van der Waals surface area contributed by atoms with E-state index in [9.17, 15) is 4.79 Å². The Morgan fingerprint density at radius 2 is 1.90 bits per heavy atom. The van der Waals surface area contributed by atoms with Crippen LogP contribution in [0, 0.1) is 11.3 Å². The lowest BCUT2D eigenvalue weighted by Crippen LogP contribution is -2.21. The number of benzene rings is 1. The summed E-state index contributed by atoms with van der Waals surface area (Å²) >= 11 is 0. The maximum Gasteiger partial charge on any atom is 0.267 e. The highest BCUT2D eigenvalue weighted by Gasteiger charge is 2.12. The molecule has 20 heavy (non-hydrogen) atoms. The van der Waals surface area contributed by atoms with Gasteiger partial charge in [0, 0.05) is 17.9 Å². The molecule has 0 unspecified atom stereocenters. The van der Waals surface area contributed by atoms with Crippen LogP contribution >= 0.6 is 0 Å². The summed E-state index contributed by atoms with van der Waals surface area (Å²) in [6.45, 7) is 8.01. The Hall–Kier alpha value is -2.28. The minimum atomic E-state index is -0.395. The molecule has 4 heteroatoms. The molecule has 0 spiro atoms. The van der Waals surface area contributed by atoms with Gasteiger partial charge in [-0.05, 0) is 31.4 Å². The van der Waals surface area contributed by atoms with Crippen LogP contribution in [0.15, 0.2) is 36.0 Å². The molecule has 1 aromatic carbocycles. The first-order valence-corrected chi connectivity index (χ1v) is 6.72. The zero-order valence-corrected chi connectivity index (χ0v) is 12.4. The number of nitriles is 1. The van der Waals surface area contributed by atoms with E-state index in [1.54, 1.807) is 0 Å². The zero-order chi connectivity index (χ0) is 15.1. The fourth-order valence-corrected chi connectivity index (χ4v) is 1.70. The molecule has 2 N–H and O–H groups in total. The average Bonchev–Trinajstić information content (AvgIpc) is 2.39. The maximum atomic E-state index is 12.1. The van der Waals surface area contributed by atoms with Crippen LogP contribution in [0.4, 0.5) is 5.69 Å². The van der Waals surface area contributed by atoms with E-state index >= 15 is 0 Å². The van der Waals surface area contributed by atoms with E-state index in [2.05, 4.69) is 24.5 Å². The lowest BCUT2D eigenvalue weighted by molar-refractivity contribution is -0.112. The molecule has 1 aromatic rings. The van der Waals surface area contributed by atoms with Gasteiger partial charge in [-0.3, -0.25) is 4.79 Å². The van der Waals surface area contributed by atoms with Crippen LogP contribution in [-0.2, 0) is 4.79 Å². The first-order chi connectivity index (χ1) is 9.45. The predicted molar refractivity (Wildman–Crippen MR) is 81.1 cm³/mol. The highest BCUT2D eigenvalue weighted by Crippen LogP contribution is 2.23. The number of carbonyl (C=O) groups excluding carboxylic acids is 1. The van der Waals surface area contributed by atoms with Gasteiger partial charge in [-0.15, -0.1) is 0 Å². The number of rotatable bonds is 5. The van der Waals surface area contributed by atoms with E-state index < -0.39 is 5.91 Å². The molecule has 0 saturated heterocycles. The molecule has 0 atom stereocenters. The third kappa shape index (κ3) is 4.43. The van der Waals surface area contributed by atoms with Crippen LogP contribution in [-0.4, -0.2) is 11.9 Å². The van der Waals surface area contributed by atoms with Crippen molar-refractivity contribution in [3.8, 4) is 6.07 Å². The van der Waals surface area contributed by atoms with Gasteiger partial charge in [0.15, 0.2) is 0 Å². The summed E-state index contributed by atoms with van der Waals surface area (Å²) in [5, 5.41) is 14.8. The van der Waals surface area contributed by atoms with E-state index in [-0.39, 0.29) is 11.6 Å². The third-order valence-corrected chi connectivity index (χ3v) is 2.76. The zero-order valence-electron chi connectivity index (χ0n) is 12.4. The number of amides is 1. The molecule has 0 aliphatic rings. The van der Waals surface area contributed by atoms with Gasteiger partial charge in [-0.25, -0.2) is 0 Å². The molecular formula is C16H21N3O. The van der Waals surface area contributed by atoms with Crippen LogP contribution in [0.25, 0.3) is 0 Å². The Bertz CT molecular complexity index is 539. The summed E-state index contributed by atoms with van der Waals surface area (Å²) in [7, 11) is 0. The smallest absolute Gasteiger partial charge is 0.267 e. The van der Waals surface area contributed by atoms with Crippen molar-refractivity contribution in [3.63, 3.8) is 0 Å². The molecule has 106 valence electrons. The highest BCUT2D eigenvalue weighted by molar-refractivity contribution is 6.06. The van der Waals surface area contributed by atoms with Gasteiger partial charge in [-0.1, -0.05) is 32.0 Å². The largest absolute Gasteiger partial charge is 0.387 e. The molecule has 1 rings (SSSR count). The number of nitrogens with zero attached hydrogens (tertiary/aromatic N) is 1. The standard InChI is InChI=1S/C16H21N3O/c1-11(2)14-7-5-6-8-15(14)19-16(20)13(9-17)10-18-12(3)4/h5-8,10-12,18H,1-4H3,(H,19,20)/b13-10-. The molecule has 0 heterocycles. The highest BCUT2D eigenvalue weighted by atomic mass is 16.1. The number of carbonyl (C=O) groups is 1. The van der Waals surface area contributed by atoms with Gasteiger partial charge in [-0.2, -0.15) is 5.26 Å². The van der Waals surface area contributed by atoms with Crippen molar-refractivity contribution >= 4 is 11.6 Å². The Morgan fingerprint density at radius 1 is 1.25 bits per heavy atom. The molecule has 0 aliphatic carbocycles. The molecule has 1 amide bonds. The van der Waals surface area contributed by atoms with Crippen molar-refractivity contribution in [2.24, 2.45) is 0 Å². The Kier molecular flexibility index (Phi) is 5.79. The van der Waals surface area contributed by atoms with Gasteiger partial charge < -0.3 is 10.6 Å². The minimum Gasteiger partial charge on any atom is -0.387 e. The molecule has 0 radical (unpaired) electrons. The van der Waals surface area contributed by atoms with E-state index in [4.69, 9.17) is 5.26 Å². The summed E-state index contributed by atoms with van der Waals surface area (Å²) in [4.78, 5) is 12.1. The van der Waals surface area contributed by atoms with Gasteiger partial charge in [0.2, 0.25) is 0 Å². The number of anilines is 1. The van der Waals surface area contributed by atoms with Crippen LogP contribution in [0.5, 0.6) is 0 Å². The first-order valence-electron chi connectivity index (χ1n) is 6.72. The number of hydrogen-bond acceptors (Lipinski definition) is 3. The van der Waals surface area contributed by atoms with E-state index in [1.165, 1.54) is 6.20 Å². The van der Waals surface area contributed by atoms with Crippen LogP contribution < -0.4 is 10.6 Å². The molecule has 0 bridgehead atoms. The third-order valence-electron chi connectivity index (χ3n) is 2.76. The number of nitrogens with one attached hydrogen (secondary N) is 2. The Balaban J connectivity index is 2.90. The van der Waals surface area contributed by atoms with E-state index in [0.717, 1.165) is 11.3 Å². The normalized spacial score (nSPS) is 11.3. The minimum absolute atomic E-state index is 0.0669. The van der Waals surface area contributed by atoms with Crippen LogP contribution in [0.2, 0.25) is 0 Å². The second kappa shape index (κ2) is 7.34. The summed E-state index contributed by atoms with van der Waals surface area (Å²) < 4.78 is 0. The summed E-state index contributed by atoms with van der Waals surface area (Å²) in [5.41, 5.74) is 1.87. The number of hydrogen-bond donors (Lipinski definition) is 2. The lowest BCUT2D eigenvalue weighted by Gasteiger charge is -2.13. The average molecular weight is 271 g/mol. The molecule has 0 saturated carbocycles. The molecular weight excluding hydrogens is 250 g/mol. The Morgan fingerprint density at radius 3 is 2.45 bits per heavy atom. The SMILES string of the molecule is CC(C)N/C=C(/C#N)C(=O)Nc1ccccc1C(C)C. The van der Waals surface area contributed by atoms with E-state index in [1.807, 2.05) is 44.2 Å². The molecule has 4 nitrogen and oxygen atoms in total. The topological polar surface area (TPSA) is 64.9 Å². The van der Waals surface area contributed by atoms with Crippen molar-refractivity contribution in [2.45, 2.75) is 39.7 Å². The monoisotopic (exact) mass is 271 g/mol. The molecule has 0 aromatic heterocycles. The number of para-hydroxylation sites is 1. The molecule has 0 aliphatic heterocycles. The van der Waals surface area contributed by atoms with Crippen LogP contribution in [0.3, 0.4) is 0 Å². The summed E-state index contributed by atoms with van der Waals surface area (Å²) in [6.07, 6.45) is 1.46. The van der Waals surface area contributed by atoms with Gasteiger partial charge in [0.05, 0.1) is 0 Å². The predicted octanol–water partition coefficient (Wildman–Crippen LogP) is 3.15. The van der Waals surface area contributed by atoms with Gasteiger partial charge >= 0.3 is 0 Å². The van der Waals surface area contributed by atoms with Crippen molar-refractivity contribution < 1.29 is 4.79 Å². The maximum absolute atomic E-state index is 12.1. The second-order valence-electron chi connectivity index (χ2n) is 5.19. The fourth-order valence-electron chi connectivity index (χ4n) is 1.70. The second-order valence-corrected chi connectivity index (χ2v) is 5.19. The van der Waals surface area contributed by atoms with Crippen molar-refractivity contribution in [1.29, 1.82) is 5.26 Å². The van der Waals surface area contributed by atoms with Crippen molar-refractivity contribution in [1.82, 2.24) is 5.32 Å². The quantitative estimate of drug-likeness (QED) is 0.638. The summed E-state index contributed by atoms with van der Waals surface area (Å²) in [5.74, 6) is -0.0939. The first kappa shape index (κ1) is 15.8. The van der Waals surface area contributed by atoms with Gasteiger partial charge in [0.1, 0.15) is 11.6 Å². The van der Waals surface area contributed by atoms with Crippen molar-refractivity contribution in [3.05, 3.63) is 41.6 Å². The van der Waals surface area contributed by atoms with Crippen LogP contribution in [0.1, 0.15) is 39.2 Å².